The van der Waals surface area contributed by atoms with Gasteiger partial charge in [0.05, 0.1) is 0 Å². The van der Waals surface area contributed by atoms with E-state index in [1.807, 2.05) is 14.0 Å². The van der Waals surface area contributed by atoms with Crippen molar-refractivity contribution in [1.29, 1.82) is 0 Å². The zero-order chi connectivity index (χ0) is 12.2. The lowest BCUT2D eigenvalue weighted by atomic mass is 9.82. The number of guanidine groups is 1. The first-order chi connectivity index (χ1) is 7.50. The van der Waals surface area contributed by atoms with Gasteiger partial charge in [-0.05, 0) is 6.92 Å². The average Bonchev–Trinajstić information content (AvgIpc) is 2.12. The van der Waals surface area contributed by atoms with Crippen molar-refractivity contribution in [3.63, 3.8) is 0 Å². The van der Waals surface area contributed by atoms with Crippen molar-refractivity contribution in [2.75, 3.05) is 26.7 Å². The van der Waals surface area contributed by atoms with E-state index in [2.05, 4.69) is 28.4 Å². The SMILES string of the molecule is C=CN=C(N=CC)N1CC(C)(CN(C)N)C1. The Morgan fingerprint density at radius 1 is 1.62 bits per heavy atom. The molecule has 0 bridgehead atoms. The molecule has 0 aromatic carbocycles. The van der Waals surface area contributed by atoms with E-state index in [-0.39, 0.29) is 5.41 Å². The Balaban J connectivity index is 2.56. The Kier molecular flexibility index (Phi) is 4.20. The molecule has 0 amide bonds. The second kappa shape index (κ2) is 5.23. The highest BCUT2D eigenvalue weighted by atomic mass is 15.4. The molecule has 0 atom stereocenters. The number of rotatable bonds is 3. The van der Waals surface area contributed by atoms with E-state index in [4.69, 9.17) is 5.84 Å². The Hall–Kier alpha value is -1.20. The van der Waals surface area contributed by atoms with Crippen molar-refractivity contribution in [2.45, 2.75) is 13.8 Å². The monoisotopic (exact) mass is 223 g/mol. The van der Waals surface area contributed by atoms with Crippen LogP contribution in [-0.2, 0) is 0 Å². The number of likely N-dealkylation sites (tertiary alicyclic amines) is 1. The second-order valence-electron chi connectivity index (χ2n) is 4.58. The van der Waals surface area contributed by atoms with Crippen molar-refractivity contribution >= 4 is 12.2 Å². The molecule has 5 nitrogen and oxygen atoms in total. The smallest absolute Gasteiger partial charge is 0.224 e. The molecule has 0 radical (unpaired) electrons. The summed E-state index contributed by atoms with van der Waals surface area (Å²) in [5.74, 6) is 6.40. The summed E-state index contributed by atoms with van der Waals surface area (Å²) in [6.07, 6.45) is 3.26. The topological polar surface area (TPSA) is 57.2 Å². The molecule has 5 heteroatoms. The first-order valence-electron chi connectivity index (χ1n) is 5.39. The second-order valence-corrected chi connectivity index (χ2v) is 4.58. The predicted molar refractivity (Wildman–Crippen MR) is 68.3 cm³/mol. The predicted octanol–water partition coefficient (Wildman–Crippen LogP) is 0.704. The van der Waals surface area contributed by atoms with Crippen LogP contribution in [0.5, 0.6) is 0 Å². The zero-order valence-electron chi connectivity index (χ0n) is 10.3. The minimum atomic E-state index is 0.231. The highest BCUT2D eigenvalue weighted by Gasteiger charge is 2.40. The van der Waals surface area contributed by atoms with Crippen LogP contribution in [0.1, 0.15) is 13.8 Å². The van der Waals surface area contributed by atoms with Gasteiger partial charge >= 0.3 is 0 Å². The Morgan fingerprint density at radius 3 is 2.69 bits per heavy atom. The van der Waals surface area contributed by atoms with Gasteiger partial charge in [0, 0.05) is 44.5 Å². The lowest BCUT2D eigenvalue weighted by Gasteiger charge is -2.49. The molecule has 0 aliphatic carbocycles. The van der Waals surface area contributed by atoms with Gasteiger partial charge in [0.1, 0.15) is 0 Å². The van der Waals surface area contributed by atoms with E-state index in [1.165, 1.54) is 6.20 Å². The number of nitrogens with two attached hydrogens (primary N) is 1. The molecule has 1 aliphatic rings. The van der Waals surface area contributed by atoms with Crippen LogP contribution >= 0.6 is 0 Å². The maximum absolute atomic E-state index is 5.67. The average molecular weight is 223 g/mol. The summed E-state index contributed by atoms with van der Waals surface area (Å²) in [6.45, 7) is 10.4. The van der Waals surface area contributed by atoms with Crippen molar-refractivity contribution in [1.82, 2.24) is 9.91 Å². The number of hydrogen-bond donors (Lipinski definition) is 1. The van der Waals surface area contributed by atoms with Crippen molar-refractivity contribution < 1.29 is 0 Å². The molecule has 1 aliphatic heterocycles. The Morgan fingerprint density at radius 2 is 2.25 bits per heavy atom. The molecule has 1 heterocycles. The molecule has 0 unspecified atom stereocenters. The molecular weight excluding hydrogens is 202 g/mol. The van der Waals surface area contributed by atoms with E-state index >= 15 is 0 Å². The summed E-state index contributed by atoms with van der Waals surface area (Å²) in [7, 11) is 1.89. The summed E-state index contributed by atoms with van der Waals surface area (Å²) < 4.78 is 0. The maximum Gasteiger partial charge on any atom is 0.224 e. The largest absolute Gasteiger partial charge is 0.340 e. The van der Waals surface area contributed by atoms with Gasteiger partial charge in [-0.15, -0.1) is 0 Å². The fourth-order valence-electron chi connectivity index (χ4n) is 2.11. The number of hydrazine groups is 1. The van der Waals surface area contributed by atoms with Crippen LogP contribution < -0.4 is 5.84 Å². The maximum atomic E-state index is 5.67. The van der Waals surface area contributed by atoms with Gasteiger partial charge in [-0.1, -0.05) is 13.5 Å². The fraction of sp³-hybridized carbons (Fsp3) is 0.636. The minimum absolute atomic E-state index is 0.231. The molecule has 90 valence electrons. The van der Waals surface area contributed by atoms with Gasteiger partial charge in [-0.3, -0.25) is 5.84 Å². The summed E-state index contributed by atoms with van der Waals surface area (Å²) in [6, 6.07) is 0. The fourth-order valence-corrected chi connectivity index (χ4v) is 2.11. The lowest BCUT2D eigenvalue weighted by molar-refractivity contribution is 0.0423. The number of nitrogens with zero attached hydrogens (tertiary/aromatic N) is 4. The Labute approximate surface area is 97.3 Å². The van der Waals surface area contributed by atoms with E-state index < -0.39 is 0 Å². The molecule has 16 heavy (non-hydrogen) atoms. The van der Waals surface area contributed by atoms with Crippen LogP contribution in [0.4, 0.5) is 0 Å². The van der Waals surface area contributed by atoms with Crippen LogP contribution in [0.3, 0.4) is 0 Å². The van der Waals surface area contributed by atoms with E-state index in [0.717, 1.165) is 25.6 Å². The van der Waals surface area contributed by atoms with Gasteiger partial charge in [0.2, 0.25) is 5.96 Å². The molecule has 1 fully saturated rings. The summed E-state index contributed by atoms with van der Waals surface area (Å²) in [4.78, 5) is 10.5. The van der Waals surface area contributed by atoms with Gasteiger partial charge in [-0.2, -0.15) is 0 Å². The van der Waals surface area contributed by atoms with Gasteiger partial charge in [0.25, 0.3) is 0 Å². The van der Waals surface area contributed by atoms with Crippen LogP contribution in [0.2, 0.25) is 0 Å². The van der Waals surface area contributed by atoms with Crippen molar-refractivity contribution in [2.24, 2.45) is 21.2 Å². The third-order valence-corrected chi connectivity index (χ3v) is 2.51. The Bertz CT molecular complexity index is 299. The first kappa shape index (κ1) is 12.9. The normalized spacial score (nSPS) is 20.3. The van der Waals surface area contributed by atoms with Crippen molar-refractivity contribution in [3.05, 3.63) is 12.8 Å². The van der Waals surface area contributed by atoms with E-state index in [1.54, 1.807) is 11.2 Å². The molecule has 0 spiro atoms. The quantitative estimate of drug-likeness (QED) is 0.332. The summed E-state index contributed by atoms with van der Waals surface area (Å²) in [5.41, 5.74) is 0.231. The molecule has 0 aromatic heterocycles. The van der Waals surface area contributed by atoms with Crippen LogP contribution in [0.15, 0.2) is 22.8 Å². The summed E-state index contributed by atoms with van der Waals surface area (Å²) in [5, 5.41) is 1.73. The molecular formula is C11H21N5. The molecule has 1 rings (SSSR count). The first-order valence-corrected chi connectivity index (χ1v) is 5.39. The highest BCUT2D eigenvalue weighted by molar-refractivity contribution is 5.88. The van der Waals surface area contributed by atoms with Gasteiger partial charge in [0.15, 0.2) is 0 Å². The van der Waals surface area contributed by atoms with Crippen LogP contribution in [-0.4, -0.2) is 48.8 Å². The standard InChI is InChI=1S/C11H21N5/c1-5-13-10(14-6-2)16-8-11(3,9-16)7-15(4)12/h5-6H,1,7-9,12H2,2-4H3. The number of aliphatic imine (C=N–C) groups is 2. The third-order valence-electron chi connectivity index (χ3n) is 2.51. The summed E-state index contributed by atoms with van der Waals surface area (Å²) >= 11 is 0. The van der Waals surface area contributed by atoms with Gasteiger partial charge < -0.3 is 4.90 Å². The molecule has 2 N–H and O–H groups in total. The van der Waals surface area contributed by atoms with Crippen LogP contribution in [0, 0.1) is 5.41 Å². The zero-order valence-corrected chi connectivity index (χ0v) is 10.3. The number of hydrogen-bond acceptors (Lipinski definition) is 3. The van der Waals surface area contributed by atoms with E-state index in [0.29, 0.717) is 0 Å². The van der Waals surface area contributed by atoms with Gasteiger partial charge in [-0.25, -0.2) is 15.0 Å². The lowest BCUT2D eigenvalue weighted by Crippen LogP contribution is -2.61. The third kappa shape index (κ3) is 3.15. The van der Waals surface area contributed by atoms with Crippen molar-refractivity contribution in [3.8, 4) is 0 Å². The van der Waals surface area contributed by atoms with Crippen LogP contribution in [0.25, 0.3) is 0 Å². The minimum Gasteiger partial charge on any atom is -0.340 e. The molecule has 0 aromatic rings. The molecule has 0 saturated carbocycles. The highest BCUT2D eigenvalue weighted by Crippen LogP contribution is 2.30. The molecule has 1 saturated heterocycles. The van der Waals surface area contributed by atoms with E-state index in [9.17, 15) is 0 Å².